The molecule has 0 aliphatic carbocycles. The molecule has 0 spiro atoms. The van der Waals surface area contributed by atoms with E-state index in [1.165, 1.54) is 5.56 Å². The number of aromatic nitrogens is 8. The zero-order chi connectivity index (χ0) is 36.8. The average molecular weight is 788 g/mol. The quantitative estimate of drug-likeness (QED) is 0.0676. The van der Waals surface area contributed by atoms with E-state index >= 15 is 0 Å². The molecule has 0 fully saturated rings. The Morgan fingerprint density at radius 3 is 1.94 bits per heavy atom. The average Bonchev–Trinajstić information content (AvgIpc) is 3.85. The Labute approximate surface area is 312 Å². The van der Waals surface area contributed by atoms with Crippen LogP contribution >= 0.6 is 15.9 Å². The van der Waals surface area contributed by atoms with E-state index in [-0.39, 0.29) is 13.2 Å². The van der Waals surface area contributed by atoms with Gasteiger partial charge in [0, 0.05) is 47.2 Å². The smallest absolute Gasteiger partial charge is 0.181 e. The lowest BCUT2D eigenvalue weighted by molar-refractivity contribution is 0.0797. The van der Waals surface area contributed by atoms with Crippen LogP contribution in [0.3, 0.4) is 0 Å². The molecule has 5 aromatic heterocycles. The molecule has 0 saturated heterocycles. The first-order chi connectivity index (χ1) is 25.1. The molecule has 4 N–H and O–H groups in total. The molecular formula is C37H47BrN10O3Si. The molecule has 274 valence electrons. The summed E-state index contributed by atoms with van der Waals surface area (Å²) in [4.78, 5) is 18.6. The number of halogens is 1. The van der Waals surface area contributed by atoms with Gasteiger partial charge >= 0.3 is 0 Å². The van der Waals surface area contributed by atoms with Crippen LogP contribution in [-0.2, 0) is 11.5 Å². The number of benzene rings is 2. The van der Waals surface area contributed by atoms with E-state index in [4.69, 9.17) is 24.9 Å². The third-order valence-electron chi connectivity index (χ3n) is 8.56. The highest BCUT2D eigenvalue weighted by Crippen LogP contribution is 2.29. The first-order valence-electron chi connectivity index (χ1n) is 17.6. The lowest BCUT2D eigenvalue weighted by Crippen LogP contribution is -2.22. The number of imidazole rings is 2. The summed E-state index contributed by atoms with van der Waals surface area (Å²) in [5.74, 6) is 1.45. The van der Waals surface area contributed by atoms with Crippen LogP contribution in [0.1, 0.15) is 24.0 Å². The number of nitrogens with zero attached hydrogens (tertiary/aromatic N) is 8. The number of aliphatic hydroxyl groups excluding tert-OH is 2. The summed E-state index contributed by atoms with van der Waals surface area (Å²) >= 11 is 3.53. The van der Waals surface area contributed by atoms with Gasteiger partial charge in [0.15, 0.2) is 22.9 Å². The Morgan fingerprint density at radius 1 is 0.769 bits per heavy atom. The van der Waals surface area contributed by atoms with E-state index < -0.39 is 8.07 Å². The van der Waals surface area contributed by atoms with Crippen LogP contribution in [0.15, 0.2) is 65.7 Å². The second kappa shape index (κ2) is 16.5. The number of anilines is 2. The van der Waals surface area contributed by atoms with Gasteiger partial charge in [-0.2, -0.15) is 5.10 Å². The van der Waals surface area contributed by atoms with Gasteiger partial charge in [0.05, 0.1) is 45.8 Å². The maximum atomic E-state index is 9.16. The van der Waals surface area contributed by atoms with Crippen LogP contribution < -0.4 is 10.6 Å². The van der Waals surface area contributed by atoms with E-state index in [0.717, 1.165) is 73.4 Å². The van der Waals surface area contributed by atoms with Gasteiger partial charge in [-0.15, -0.1) is 0 Å². The molecule has 0 bridgehead atoms. The lowest BCUT2D eigenvalue weighted by Gasteiger charge is -2.16. The van der Waals surface area contributed by atoms with Crippen molar-refractivity contribution < 1.29 is 14.9 Å². The zero-order valence-electron chi connectivity index (χ0n) is 30.4. The van der Waals surface area contributed by atoms with Gasteiger partial charge in [-0.25, -0.2) is 24.6 Å². The van der Waals surface area contributed by atoms with Crippen molar-refractivity contribution in [2.75, 3.05) is 43.5 Å². The van der Waals surface area contributed by atoms with Crippen LogP contribution in [-0.4, -0.2) is 89.7 Å². The Hall–Kier alpha value is -4.41. The number of nitrogens with one attached hydrogen (secondary N) is 2. The minimum Gasteiger partial charge on any atom is -0.396 e. The van der Waals surface area contributed by atoms with Gasteiger partial charge in [0.2, 0.25) is 0 Å². The van der Waals surface area contributed by atoms with Crippen molar-refractivity contribution in [3.05, 3.63) is 76.8 Å². The fraction of sp³-hybridized carbons (Fsp3) is 0.378. The number of hydrogen-bond donors (Lipinski definition) is 4. The molecule has 0 aliphatic rings. The van der Waals surface area contributed by atoms with Crippen LogP contribution in [0.5, 0.6) is 0 Å². The molecule has 0 unspecified atom stereocenters. The molecule has 0 atom stereocenters. The summed E-state index contributed by atoms with van der Waals surface area (Å²) in [5.41, 5.74) is 9.54. The van der Waals surface area contributed by atoms with Gasteiger partial charge in [-0.1, -0.05) is 31.8 Å². The standard InChI is InChI=1S/C23H32N6O2Si.C14H15BrN4O/c1-17-6-7-19-18(14-17)27-22(24-9-5-11-30)23-25-15-21(29(19)23)20-8-10-26-28(20)16-31-12-13-32(2,3)4;1-9-3-4-11-10(7-9)18-13(16-5-2-6-20)14-17-8-12(15)19(11)14/h6-8,10,14-15,30H,5,9,11-13,16H2,1-4H3,(H,24,27);3-4,7-8,20H,2,5-6H2,1H3,(H,16,18). The Balaban J connectivity index is 0.000000198. The van der Waals surface area contributed by atoms with Gasteiger partial charge in [-0.05, 0) is 90.1 Å². The third-order valence-corrected chi connectivity index (χ3v) is 10.8. The zero-order valence-corrected chi connectivity index (χ0v) is 33.0. The van der Waals surface area contributed by atoms with Gasteiger partial charge in [0.25, 0.3) is 0 Å². The molecular weight excluding hydrogens is 740 g/mol. The van der Waals surface area contributed by atoms with E-state index in [9.17, 15) is 0 Å². The van der Waals surface area contributed by atoms with Crippen LogP contribution in [0, 0.1) is 13.8 Å². The second-order valence-corrected chi connectivity index (χ2v) is 20.5. The van der Waals surface area contributed by atoms with Crippen molar-refractivity contribution in [2.24, 2.45) is 0 Å². The highest BCUT2D eigenvalue weighted by atomic mass is 79.9. The predicted molar refractivity (Wildman–Crippen MR) is 214 cm³/mol. The normalized spacial score (nSPS) is 11.8. The van der Waals surface area contributed by atoms with Gasteiger partial charge < -0.3 is 25.6 Å². The van der Waals surface area contributed by atoms with Crippen molar-refractivity contribution in [3.8, 4) is 11.4 Å². The largest absolute Gasteiger partial charge is 0.396 e. The predicted octanol–water partition coefficient (Wildman–Crippen LogP) is 6.91. The maximum absolute atomic E-state index is 9.16. The molecule has 0 radical (unpaired) electrons. The Kier molecular flexibility index (Phi) is 11.9. The highest BCUT2D eigenvalue weighted by Gasteiger charge is 2.18. The fourth-order valence-corrected chi connectivity index (χ4v) is 7.05. The number of fused-ring (bicyclic) bond motifs is 6. The summed E-state index contributed by atoms with van der Waals surface area (Å²) in [6, 6.07) is 15.5. The summed E-state index contributed by atoms with van der Waals surface area (Å²) in [6.07, 6.45) is 6.76. The van der Waals surface area contributed by atoms with Crippen molar-refractivity contribution in [3.63, 3.8) is 0 Å². The number of hydrogen-bond acceptors (Lipinski definition) is 10. The first kappa shape index (κ1) is 37.3. The first-order valence-corrected chi connectivity index (χ1v) is 22.1. The van der Waals surface area contributed by atoms with Gasteiger partial charge in [-0.3, -0.25) is 8.80 Å². The fourth-order valence-electron chi connectivity index (χ4n) is 5.83. The van der Waals surface area contributed by atoms with Crippen molar-refractivity contribution in [1.82, 2.24) is 38.5 Å². The third kappa shape index (κ3) is 8.45. The number of aryl methyl sites for hydroxylation is 2. The van der Waals surface area contributed by atoms with E-state index in [0.29, 0.717) is 38.5 Å². The molecule has 15 heteroatoms. The molecule has 0 aliphatic heterocycles. The van der Waals surface area contributed by atoms with E-state index in [2.05, 4.69) is 109 Å². The monoisotopic (exact) mass is 786 g/mol. The molecule has 7 rings (SSSR count). The lowest BCUT2D eigenvalue weighted by atomic mass is 10.2. The molecule has 52 heavy (non-hydrogen) atoms. The van der Waals surface area contributed by atoms with Crippen molar-refractivity contribution in [2.45, 2.75) is 59.1 Å². The number of rotatable bonds is 14. The topological polar surface area (TPSA) is 152 Å². The minimum atomic E-state index is -1.14. The van der Waals surface area contributed by atoms with Crippen molar-refractivity contribution in [1.29, 1.82) is 0 Å². The second-order valence-electron chi connectivity index (χ2n) is 14.0. The van der Waals surface area contributed by atoms with Crippen molar-refractivity contribution >= 4 is 69.0 Å². The summed E-state index contributed by atoms with van der Waals surface area (Å²) in [7, 11) is -1.14. The molecule has 0 saturated carbocycles. The van der Waals surface area contributed by atoms with E-state index in [1.54, 1.807) is 12.4 Å². The Morgan fingerprint density at radius 2 is 1.35 bits per heavy atom. The molecule has 13 nitrogen and oxygen atoms in total. The number of aliphatic hydroxyl groups is 2. The maximum Gasteiger partial charge on any atom is 0.181 e. The van der Waals surface area contributed by atoms with E-state index in [1.807, 2.05) is 28.3 Å². The van der Waals surface area contributed by atoms with Crippen LogP contribution in [0.2, 0.25) is 25.7 Å². The van der Waals surface area contributed by atoms with Gasteiger partial charge in [0.1, 0.15) is 11.3 Å². The molecule has 5 heterocycles. The number of ether oxygens (including phenoxy) is 1. The van der Waals surface area contributed by atoms with Crippen LogP contribution in [0.25, 0.3) is 44.7 Å². The SMILES string of the molecule is Cc1ccc2c(c1)nc(NCCCO)c1ncc(-c3ccnn3COCC[Si](C)(C)C)n12.Cc1ccc2c(c1)nc(NCCCO)c1ncc(Br)n12. The summed E-state index contributed by atoms with van der Waals surface area (Å²) < 4.78 is 12.9. The highest BCUT2D eigenvalue weighted by molar-refractivity contribution is 9.10. The Bertz CT molecular complexity index is 2300. The molecule has 7 aromatic rings. The summed E-state index contributed by atoms with van der Waals surface area (Å²) in [5, 5.41) is 29.1. The summed E-state index contributed by atoms with van der Waals surface area (Å²) in [6.45, 7) is 13.9. The molecule has 0 amide bonds. The molecule has 2 aromatic carbocycles. The minimum absolute atomic E-state index is 0.132. The van der Waals surface area contributed by atoms with Crippen LogP contribution in [0.4, 0.5) is 11.6 Å².